The van der Waals surface area contributed by atoms with E-state index in [1.165, 1.54) is 25.2 Å². The van der Waals surface area contributed by atoms with E-state index in [2.05, 4.69) is 15.6 Å². The number of rotatable bonds is 6. The molecule has 0 radical (unpaired) electrons. The standard InChI is InChI=1S/C18H18F5N3O/c1-10(27-15-6-4-3-5-12(15)19)8-25-18(24-2)26-9-11-16(22)13(20)7-14(21)17(11)23/h3-7,10H,8-9H2,1-2H3,(H2,24,25,26). The Morgan fingerprint density at radius 3 is 2.22 bits per heavy atom. The topological polar surface area (TPSA) is 45.7 Å². The van der Waals surface area contributed by atoms with Crippen LogP contribution in [0.3, 0.4) is 0 Å². The molecule has 0 bridgehead atoms. The van der Waals surface area contributed by atoms with Crippen LogP contribution < -0.4 is 15.4 Å². The second-order valence-electron chi connectivity index (χ2n) is 5.61. The average molecular weight is 387 g/mol. The molecule has 1 atom stereocenters. The Balaban J connectivity index is 1.93. The molecule has 0 spiro atoms. The zero-order valence-electron chi connectivity index (χ0n) is 14.6. The number of halogens is 5. The third-order valence-corrected chi connectivity index (χ3v) is 3.58. The van der Waals surface area contributed by atoms with Crippen LogP contribution in [0.1, 0.15) is 12.5 Å². The summed E-state index contributed by atoms with van der Waals surface area (Å²) in [5, 5.41) is 5.35. The van der Waals surface area contributed by atoms with Crippen LogP contribution in [0.25, 0.3) is 0 Å². The van der Waals surface area contributed by atoms with Gasteiger partial charge < -0.3 is 15.4 Å². The summed E-state index contributed by atoms with van der Waals surface area (Å²) in [6, 6.07) is 6.04. The zero-order valence-corrected chi connectivity index (χ0v) is 14.6. The lowest BCUT2D eigenvalue weighted by Crippen LogP contribution is -2.41. The Kier molecular flexibility index (Phi) is 6.98. The number of hydrogen-bond acceptors (Lipinski definition) is 2. The highest BCUT2D eigenvalue weighted by Gasteiger charge is 2.19. The summed E-state index contributed by atoms with van der Waals surface area (Å²) in [6.45, 7) is 1.32. The summed E-state index contributed by atoms with van der Waals surface area (Å²) in [6.07, 6.45) is -0.472. The first-order valence-corrected chi connectivity index (χ1v) is 8.01. The Morgan fingerprint density at radius 2 is 1.63 bits per heavy atom. The van der Waals surface area contributed by atoms with Crippen LogP contribution in [0, 0.1) is 29.1 Å². The molecule has 0 aromatic heterocycles. The van der Waals surface area contributed by atoms with Crippen LogP contribution in [0.5, 0.6) is 5.75 Å². The van der Waals surface area contributed by atoms with Gasteiger partial charge in [-0.2, -0.15) is 0 Å². The molecule has 2 rings (SSSR count). The fraction of sp³-hybridized carbons (Fsp3) is 0.278. The molecular formula is C18H18F5N3O. The molecule has 27 heavy (non-hydrogen) atoms. The van der Waals surface area contributed by atoms with Crippen molar-refractivity contribution < 1.29 is 26.7 Å². The van der Waals surface area contributed by atoms with E-state index in [0.717, 1.165) is 0 Å². The summed E-state index contributed by atoms with van der Waals surface area (Å²) < 4.78 is 72.7. The molecule has 0 saturated heterocycles. The van der Waals surface area contributed by atoms with E-state index in [9.17, 15) is 22.0 Å². The second-order valence-corrected chi connectivity index (χ2v) is 5.61. The normalized spacial score (nSPS) is 12.6. The number of aliphatic imine (C=N–C) groups is 1. The van der Waals surface area contributed by atoms with Crippen LogP contribution in [0.2, 0.25) is 0 Å². The van der Waals surface area contributed by atoms with Crippen LogP contribution in [-0.4, -0.2) is 25.7 Å². The number of hydrogen-bond donors (Lipinski definition) is 2. The molecule has 0 amide bonds. The predicted octanol–water partition coefficient (Wildman–Crippen LogP) is 3.51. The molecule has 2 aromatic carbocycles. The number of guanidine groups is 1. The maximum absolute atomic E-state index is 13.7. The summed E-state index contributed by atoms with van der Waals surface area (Å²) in [5.41, 5.74) is -0.786. The van der Waals surface area contributed by atoms with Crippen molar-refractivity contribution in [2.45, 2.75) is 19.6 Å². The van der Waals surface area contributed by atoms with Gasteiger partial charge in [-0.15, -0.1) is 0 Å². The van der Waals surface area contributed by atoms with Gasteiger partial charge in [-0.25, -0.2) is 22.0 Å². The first kappa shape index (κ1) is 20.5. The minimum Gasteiger partial charge on any atom is -0.486 e. The molecule has 1 unspecified atom stereocenters. The molecule has 0 heterocycles. The predicted molar refractivity (Wildman–Crippen MR) is 91.0 cm³/mol. The summed E-state index contributed by atoms with van der Waals surface area (Å²) in [4.78, 5) is 3.84. The van der Waals surface area contributed by atoms with Crippen molar-refractivity contribution in [2.24, 2.45) is 4.99 Å². The fourth-order valence-electron chi connectivity index (χ4n) is 2.21. The van der Waals surface area contributed by atoms with Crippen LogP contribution in [-0.2, 0) is 6.54 Å². The highest BCUT2D eigenvalue weighted by molar-refractivity contribution is 5.79. The van der Waals surface area contributed by atoms with Crippen molar-refractivity contribution >= 4 is 5.96 Å². The number of nitrogens with zero attached hydrogens (tertiary/aromatic N) is 1. The lowest BCUT2D eigenvalue weighted by atomic mass is 10.2. The Bertz CT molecular complexity index is 803. The van der Waals surface area contributed by atoms with Gasteiger partial charge >= 0.3 is 0 Å². The van der Waals surface area contributed by atoms with Crippen molar-refractivity contribution in [3.05, 3.63) is 65.0 Å². The SMILES string of the molecule is CN=C(NCc1c(F)c(F)cc(F)c1F)NCC(C)Oc1ccccc1F. The lowest BCUT2D eigenvalue weighted by Gasteiger charge is -2.18. The molecule has 9 heteroatoms. The molecule has 146 valence electrons. The van der Waals surface area contributed by atoms with Crippen molar-refractivity contribution in [1.29, 1.82) is 0 Å². The van der Waals surface area contributed by atoms with Gasteiger partial charge in [0.1, 0.15) is 6.10 Å². The highest BCUT2D eigenvalue weighted by atomic mass is 19.2. The van der Waals surface area contributed by atoms with Crippen molar-refractivity contribution in [3.8, 4) is 5.75 Å². The number of nitrogens with one attached hydrogen (secondary N) is 2. The lowest BCUT2D eigenvalue weighted by molar-refractivity contribution is 0.214. The molecule has 4 nitrogen and oxygen atoms in total. The molecule has 2 N–H and O–H groups in total. The summed E-state index contributed by atoms with van der Waals surface area (Å²) in [7, 11) is 1.40. The maximum atomic E-state index is 13.7. The molecule has 0 aliphatic rings. The molecule has 0 aliphatic heterocycles. The van der Waals surface area contributed by atoms with Crippen LogP contribution in [0.4, 0.5) is 22.0 Å². The average Bonchev–Trinajstić information content (AvgIpc) is 2.64. The number of para-hydroxylation sites is 1. The molecule has 0 aliphatic carbocycles. The van der Waals surface area contributed by atoms with E-state index >= 15 is 0 Å². The molecule has 0 fully saturated rings. The number of ether oxygens (including phenoxy) is 1. The van der Waals surface area contributed by atoms with E-state index < -0.39 is 47.3 Å². The Labute approximate surface area is 153 Å². The first-order chi connectivity index (χ1) is 12.8. The second kappa shape index (κ2) is 9.20. The van der Waals surface area contributed by atoms with E-state index in [1.54, 1.807) is 13.0 Å². The minimum absolute atomic E-state index is 0.0779. The van der Waals surface area contributed by atoms with E-state index in [4.69, 9.17) is 4.74 Å². The summed E-state index contributed by atoms with van der Waals surface area (Å²) in [5.74, 6) is -6.25. The van der Waals surface area contributed by atoms with Gasteiger partial charge in [0.25, 0.3) is 0 Å². The van der Waals surface area contributed by atoms with Crippen LogP contribution in [0.15, 0.2) is 35.3 Å². The molecule has 0 saturated carbocycles. The van der Waals surface area contributed by atoms with Crippen molar-refractivity contribution in [1.82, 2.24) is 10.6 Å². The van der Waals surface area contributed by atoms with E-state index in [1.807, 2.05) is 0 Å². The quantitative estimate of drug-likeness (QED) is 0.345. The Hall–Kier alpha value is -2.84. The maximum Gasteiger partial charge on any atom is 0.191 e. The van der Waals surface area contributed by atoms with Gasteiger partial charge in [-0.1, -0.05) is 12.1 Å². The van der Waals surface area contributed by atoms with Crippen molar-refractivity contribution in [2.75, 3.05) is 13.6 Å². The smallest absolute Gasteiger partial charge is 0.191 e. The molecule has 2 aromatic rings. The van der Waals surface area contributed by atoms with Gasteiger partial charge in [-0.05, 0) is 19.1 Å². The minimum atomic E-state index is -1.49. The van der Waals surface area contributed by atoms with Gasteiger partial charge in [0, 0.05) is 25.2 Å². The van der Waals surface area contributed by atoms with E-state index in [-0.39, 0.29) is 24.3 Å². The van der Waals surface area contributed by atoms with Crippen LogP contribution >= 0.6 is 0 Å². The monoisotopic (exact) mass is 387 g/mol. The Morgan fingerprint density at radius 1 is 1.00 bits per heavy atom. The first-order valence-electron chi connectivity index (χ1n) is 8.01. The van der Waals surface area contributed by atoms with E-state index in [0.29, 0.717) is 0 Å². The van der Waals surface area contributed by atoms with Gasteiger partial charge in [0.05, 0.1) is 6.54 Å². The third kappa shape index (κ3) is 5.32. The van der Waals surface area contributed by atoms with Gasteiger partial charge in [0.15, 0.2) is 40.8 Å². The zero-order chi connectivity index (χ0) is 20.0. The molecular weight excluding hydrogens is 369 g/mol. The van der Waals surface area contributed by atoms with Gasteiger partial charge in [-0.3, -0.25) is 4.99 Å². The summed E-state index contributed by atoms with van der Waals surface area (Å²) >= 11 is 0. The van der Waals surface area contributed by atoms with Gasteiger partial charge in [0.2, 0.25) is 0 Å². The fourth-order valence-corrected chi connectivity index (χ4v) is 2.21. The van der Waals surface area contributed by atoms with Crippen molar-refractivity contribution in [3.63, 3.8) is 0 Å². The largest absolute Gasteiger partial charge is 0.486 e. The highest BCUT2D eigenvalue weighted by Crippen LogP contribution is 2.19. The number of benzene rings is 2. The third-order valence-electron chi connectivity index (χ3n) is 3.58.